The number of esters is 1. The molecule has 0 bridgehead atoms. The molecule has 126 valence electrons. The third kappa shape index (κ3) is 7.58. The summed E-state index contributed by atoms with van der Waals surface area (Å²) in [5, 5.41) is 17.9. The lowest BCUT2D eigenvalue weighted by molar-refractivity contribution is -0.143. The predicted molar refractivity (Wildman–Crippen MR) is 81.9 cm³/mol. The van der Waals surface area contributed by atoms with Gasteiger partial charge in [0.15, 0.2) is 0 Å². The zero-order valence-corrected chi connectivity index (χ0v) is 13.1. The van der Waals surface area contributed by atoms with E-state index in [1.165, 1.54) is 7.11 Å². The molecule has 0 heterocycles. The number of carbonyl (C=O) groups excluding carboxylic acids is 1. The second kappa shape index (κ2) is 11.2. The topological polar surface area (TPSA) is 111 Å². The third-order valence-electron chi connectivity index (χ3n) is 2.62. The number of rotatable bonds is 9. The number of ether oxygens (including phenoxy) is 3. The maximum atomic E-state index is 11.1. The Hall–Kier alpha value is -1.38. The predicted octanol–water partition coefficient (Wildman–Crippen LogP) is -0.143. The van der Waals surface area contributed by atoms with Crippen LogP contribution in [0.1, 0.15) is 5.56 Å². The fraction of sp³-hybridized carbons (Fsp3) is 0.500. The van der Waals surface area contributed by atoms with Crippen molar-refractivity contribution >= 4 is 18.4 Å². The number of hydrogen-bond acceptors (Lipinski definition) is 7. The van der Waals surface area contributed by atoms with Crippen molar-refractivity contribution < 1.29 is 29.2 Å². The number of nitrogens with two attached hydrogens (primary N) is 1. The number of hydrogen-bond donors (Lipinski definition) is 3. The molecule has 1 rings (SSSR count). The molecule has 0 amide bonds. The molecule has 0 radical (unpaired) electrons. The van der Waals surface area contributed by atoms with Crippen molar-refractivity contribution in [3.8, 4) is 5.75 Å². The molecule has 0 aliphatic carbocycles. The Balaban J connectivity index is 0.00000441. The van der Waals surface area contributed by atoms with E-state index in [1.807, 2.05) is 6.07 Å². The van der Waals surface area contributed by atoms with Crippen LogP contribution in [0.5, 0.6) is 5.75 Å². The van der Waals surface area contributed by atoms with E-state index in [0.717, 1.165) is 5.56 Å². The molecule has 2 atom stereocenters. The van der Waals surface area contributed by atoms with E-state index in [2.05, 4.69) is 4.74 Å². The first-order valence-electron chi connectivity index (χ1n) is 6.48. The standard InChI is InChI=1S/C14H21NO6.ClH/c1-19-14(18)13(15)9-20-7-10-3-2-4-12(5-10)21-8-11(17)6-16;/h2-5,11,13,16-17H,6-9,15H2,1H3;1H/t11?,13-;/m0./s1. The molecule has 1 unspecified atom stereocenters. The molecule has 0 saturated heterocycles. The van der Waals surface area contributed by atoms with Crippen molar-refractivity contribution in [2.75, 3.05) is 26.9 Å². The lowest BCUT2D eigenvalue weighted by Gasteiger charge is -2.12. The summed E-state index contributed by atoms with van der Waals surface area (Å²) < 4.78 is 15.1. The molecule has 0 fully saturated rings. The number of carbonyl (C=O) groups is 1. The van der Waals surface area contributed by atoms with Crippen LogP contribution in [0.2, 0.25) is 0 Å². The number of aliphatic hydroxyl groups is 2. The van der Waals surface area contributed by atoms with Crippen molar-refractivity contribution in [1.82, 2.24) is 0 Å². The summed E-state index contributed by atoms with van der Waals surface area (Å²) in [6, 6.07) is 6.27. The molecule has 7 nitrogen and oxygen atoms in total. The summed E-state index contributed by atoms with van der Waals surface area (Å²) in [6.45, 7) is -0.0202. The fourth-order valence-electron chi connectivity index (χ4n) is 1.49. The number of aliphatic hydroxyl groups excluding tert-OH is 2. The average Bonchev–Trinajstić information content (AvgIpc) is 2.52. The van der Waals surface area contributed by atoms with Gasteiger partial charge in [-0.2, -0.15) is 0 Å². The van der Waals surface area contributed by atoms with Crippen LogP contribution in [-0.2, 0) is 20.9 Å². The van der Waals surface area contributed by atoms with E-state index in [1.54, 1.807) is 18.2 Å². The molecule has 8 heteroatoms. The van der Waals surface area contributed by atoms with Crippen LogP contribution in [0, 0.1) is 0 Å². The van der Waals surface area contributed by atoms with Gasteiger partial charge in [0.25, 0.3) is 0 Å². The Morgan fingerprint density at radius 3 is 2.73 bits per heavy atom. The Morgan fingerprint density at radius 2 is 2.09 bits per heavy atom. The monoisotopic (exact) mass is 335 g/mol. The van der Waals surface area contributed by atoms with Gasteiger partial charge in [-0.05, 0) is 17.7 Å². The second-order valence-electron chi connectivity index (χ2n) is 4.44. The Bertz CT molecular complexity index is 445. The van der Waals surface area contributed by atoms with E-state index in [4.69, 9.17) is 20.3 Å². The van der Waals surface area contributed by atoms with E-state index in [9.17, 15) is 9.90 Å². The van der Waals surface area contributed by atoms with E-state index in [0.29, 0.717) is 5.75 Å². The van der Waals surface area contributed by atoms with Gasteiger partial charge in [0.1, 0.15) is 24.5 Å². The van der Waals surface area contributed by atoms with Crippen LogP contribution in [0.4, 0.5) is 0 Å². The normalized spacial score (nSPS) is 12.9. The minimum absolute atomic E-state index is 0. The summed E-state index contributed by atoms with van der Waals surface area (Å²) in [4.78, 5) is 11.1. The number of benzene rings is 1. The third-order valence-corrected chi connectivity index (χ3v) is 2.62. The van der Waals surface area contributed by atoms with Crippen molar-refractivity contribution in [3.05, 3.63) is 29.8 Å². The highest BCUT2D eigenvalue weighted by Crippen LogP contribution is 2.14. The first-order valence-corrected chi connectivity index (χ1v) is 6.48. The van der Waals surface area contributed by atoms with E-state index < -0.39 is 18.1 Å². The zero-order chi connectivity index (χ0) is 15.7. The van der Waals surface area contributed by atoms with Gasteiger partial charge in [-0.1, -0.05) is 12.1 Å². The fourth-order valence-corrected chi connectivity index (χ4v) is 1.49. The highest BCUT2D eigenvalue weighted by Gasteiger charge is 2.13. The molecule has 0 spiro atoms. The van der Waals surface area contributed by atoms with Crippen molar-refractivity contribution in [2.24, 2.45) is 5.73 Å². The first kappa shape index (κ1) is 20.6. The number of methoxy groups -OCH3 is 1. The molecule has 4 N–H and O–H groups in total. The van der Waals surface area contributed by atoms with Crippen LogP contribution in [0.15, 0.2) is 24.3 Å². The van der Waals surface area contributed by atoms with E-state index >= 15 is 0 Å². The highest BCUT2D eigenvalue weighted by molar-refractivity contribution is 5.85. The Labute approximate surface area is 135 Å². The molecule has 22 heavy (non-hydrogen) atoms. The smallest absolute Gasteiger partial charge is 0.325 e. The molecule has 0 aliphatic rings. The molecule has 1 aromatic rings. The summed E-state index contributed by atoms with van der Waals surface area (Å²) in [6.07, 6.45) is -0.914. The second-order valence-corrected chi connectivity index (χ2v) is 4.44. The Morgan fingerprint density at radius 1 is 1.36 bits per heavy atom. The quantitative estimate of drug-likeness (QED) is 0.538. The maximum Gasteiger partial charge on any atom is 0.325 e. The summed E-state index contributed by atoms with van der Waals surface area (Å²) >= 11 is 0. The highest BCUT2D eigenvalue weighted by atomic mass is 35.5. The summed E-state index contributed by atoms with van der Waals surface area (Å²) in [7, 11) is 1.27. The van der Waals surface area contributed by atoms with Gasteiger partial charge in [-0.25, -0.2) is 0 Å². The van der Waals surface area contributed by atoms with Gasteiger partial charge in [-0.3, -0.25) is 4.79 Å². The van der Waals surface area contributed by atoms with Crippen LogP contribution in [0.25, 0.3) is 0 Å². The van der Waals surface area contributed by atoms with Gasteiger partial charge < -0.3 is 30.2 Å². The van der Waals surface area contributed by atoms with Gasteiger partial charge in [-0.15, -0.1) is 12.4 Å². The molecule has 0 aliphatic heterocycles. The van der Waals surface area contributed by atoms with E-state index in [-0.39, 0.29) is 38.8 Å². The molecule has 1 aromatic carbocycles. The van der Waals surface area contributed by atoms with Crippen LogP contribution in [0.3, 0.4) is 0 Å². The van der Waals surface area contributed by atoms with Crippen LogP contribution < -0.4 is 10.5 Å². The van der Waals surface area contributed by atoms with Crippen molar-refractivity contribution in [2.45, 2.75) is 18.8 Å². The number of halogens is 1. The molecule has 0 aromatic heterocycles. The van der Waals surface area contributed by atoms with Gasteiger partial charge >= 0.3 is 5.97 Å². The summed E-state index contributed by atoms with van der Waals surface area (Å²) in [5.74, 6) is 0.0333. The average molecular weight is 336 g/mol. The van der Waals surface area contributed by atoms with Crippen LogP contribution in [-0.4, -0.2) is 55.3 Å². The minimum atomic E-state index is -0.914. The van der Waals surface area contributed by atoms with Crippen molar-refractivity contribution in [1.29, 1.82) is 0 Å². The minimum Gasteiger partial charge on any atom is -0.491 e. The first-order chi connectivity index (χ1) is 10.1. The molecular formula is C14H22ClNO6. The summed E-state index contributed by atoms with van der Waals surface area (Å²) in [5.41, 5.74) is 6.38. The lowest BCUT2D eigenvalue weighted by Crippen LogP contribution is -2.36. The van der Waals surface area contributed by atoms with Gasteiger partial charge in [0.2, 0.25) is 0 Å². The van der Waals surface area contributed by atoms with Crippen molar-refractivity contribution in [3.63, 3.8) is 0 Å². The maximum absolute atomic E-state index is 11.1. The Kier molecular flexibility index (Phi) is 10.5. The molecule has 0 saturated carbocycles. The molecular weight excluding hydrogens is 314 g/mol. The zero-order valence-electron chi connectivity index (χ0n) is 12.3. The van der Waals surface area contributed by atoms with Gasteiger partial charge in [0, 0.05) is 0 Å². The van der Waals surface area contributed by atoms with Gasteiger partial charge in [0.05, 0.1) is 26.9 Å². The largest absolute Gasteiger partial charge is 0.491 e. The SMILES string of the molecule is COC(=O)[C@@H](N)COCc1cccc(OCC(O)CO)c1.Cl. The van der Waals surface area contributed by atoms with Crippen LogP contribution >= 0.6 is 12.4 Å². The lowest BCUT2D eigenvalue weighted by atomic mass is 10.2.